The van der Waals surface area contributed by atoms with Crippen molar-refractivity contribution in [2.24, 2.45) is 0 Å². The molecule has 1 amide bonds. The molecule has 0 atom stereocenters. The summed E-state index contributed by atoms with van der Waals surface area (Å²) < 4.78 is 5.45. The molecule has 0 aromatic heterocycles. The molecule has 0 aliphatic carbocycles. The first kappa shape index (κ1) is 14.5. The molecule has 104 valence electrons. The summed E-state index contributed by atoms with van der Waals surface area (Å²) >= 11 is 6.11. The van der Waals surface area contributed by atoms with Crippen molar-refractivity contribution < 1.29 is 19.4 Å². The van der Waals surface area contributed by atoms with Crippen LogP contribution in [0, 0.1) is 0 Å². The fourth-order valence-corrected chi connectivity index (χ4v) is 2.94. The molecule has 1 N–H and O–H groups in total. The van der Waals surface area contributed by atoms with E-state index in [0.29, 0.717) is 10.7 Å². The first-order chi connectivity index (χ1) is 9.52. The third-order valence-electron chi connectivity index (χ3n) is 2.59. The minimum Gasteiger partial charge on any atom is -0.496 e. The topological polar surface area (TPSA) is 66.8 Å². The highest BCUT2D eigenvalue weighted by Crippen LogP contribution is 2.33. The molecule has 7 heteroatoms. The number of carboxylic acid groups (broad SMARTS) is 1. The van der Waals surface area contributed by atoms with Crippen molar-refractivity contribution >= 4 is 46.3 Å². The van der Waals surface area contributed by atoms with E-state index in [0.717, 1.165) is 22.2 Å². The normalized spacial score (nSPS) is 16.9. The number of thioether (sulfide) groups is 1. The van der Waals surface area contributed by atoms with E-state index in [4.69, 9.17) is 22.1 Å². The smallest absolute Gasteiger partial charge is 0.323 e. The van der Waals surface area contributed by atoms with Crippen molar-refractivity contribution in [2.45, 2.75) is 0 Å². The maximum absolute atomic E-state index is 12.1. The Kier molecular flexibility index (Phi) is 4.41. The quantitative estimate of drug-likeness (QED) is 0.677. The van der Waals surface area contributed by atoms with E-state index < -0.39 is 18.4 Å². The second kappa shape index (κ2) is 6.06. The van der Waals surface area contributed by atoms with Crippen molar-refractivity contribution in [2.75, 3.05) is 13.7 Å². The number of carbonyl (C=O) groups excluding carboxylic acids is 1. The summed E-state index contributed by atoms with van der Waals surface area (Å²) in [4.78, 5) is 24.3. The zero-order valence-corrected chi connectivity index (χ0v) is 12.2. The van der Waals surface area contributed by atoms with Crippen LogP contribution in [0.4, 0.5) is 0 Å². The lowest BCUT2D eigenvalue weighted by atomic mass is 10.2. The predicted molar refractivity (Wildman–Crippen MR) is 80.5 cm³/mol. The summed E-state index contributed by atoms with van der Waals surface area (Å²) in [6.45, 7) is -0.423. The molecule has 1 saturated heterocycles. The number of amides is 1. The van der Waals surface area contributed by atoms with Crippen molar-refractivity contribution in [1.82, 2.24) is 4.90 Å². The number of aliphatic carboxylic acids is 1. The van der Waals surface area contributed by atoms with Crippen LogP contribution in [0.2, 0.25) is 0 Å². The molecule has 1 aliphatic rings. The van der Waals surface area contributed by atoms with Crippen LogP contribution in [0.1, 0.15) is 5.56 Å². The number of benzene rings is 1. The second-order valence-corrected chi connectivity index (χ2v) is 5.58. The molecule has 1 aliphatic heterocycles. The minimum absolute atomic E-state index is 0.249. The van der Waals surface area contributed by atoms with Gasteiger partial charge in [0, 0.05) is 5.56 Å². The van der Waals surface area contributed by atoms with Gasteiger partial charge in [0.05, 0.1) is 12.0 Å². The number of para-hydroxylation sites is 1. The number of carbonyl (C=O) groups is 2. The lowest BCUT2D eigenvalue weighted by molar-refractivity contribution is -0.140. The van der Waals surface area contributed by atoms with Crippen LogP contribution in [0.5, 0.6) is 5.75 Å². The van der Waals surface area contributed by atoms with Gasteiger partial charge < -0.3 is 9.84 Å². The third kappa shape index (κ3) is 3.00. The molecule has 1 aromatic rings. The van der Waals surface area contributed by atoms with Crippen molar-refractivity contribution in [1.29, 1.82) is 0 Å². The zero-order chi connectivity index (χ0) is 14.7. The number of ether oxygens (including phenoxy) is 1. The Hall–Kier alpha value is -1.86. The van der Waals surface area contributed by atoms with Crippen LogP contribution < -0.4 is 4.74 Å². The summed E-state index contributed by atoms with van der Waals surface area (Å²) in [5.74, 6) is -0.857. The minimum atomic E-state index is -1.10. The van der Waals surface area contributed by atoms with E-state index in [1.54, 1.807) is 19.3 Å². The lowest BCUT2D eigenvalue weighted by Crippen LogP contribution is -2.33. The first-order valence-corrected chi connectivity index (χ1v) is 6.85. The number of rotatable bonds is 4. The predicted octanol–water partition coefficient (Wildman–Crippen LogP) is 1.98. The highest BCUT2D eigenvalue weighted by molar-refractivity contribution is 8.26. The monoisotopic (exact) mass is 309 g/mol. The van der Waals surface area contributed by atoms with Crippen LogP contribution in [0.3, 0.4) is 0 Å². The van der Waals surface area contributed by atoms with Crippen LogP contribution >= 0.6 is 24.0 Å². The molecule has 2 rings (SSSR count). The maximum atomic E-state index is 12.1. The van der Waals surface area contributed by atoms with E-state index in [2.05, 4.69) is 0 Å². The van der Waals surface area contributed by atoms with E-state index in [1.165, 1.54) is 0 Å². The molecular weight excluding hydrogens is 298 g/mol. The fraction of sp³-hybridized carbons (Fsp3) is 0.154. The number of thiocarbonyl (C=S) groups is 1. The molecule has 0 radical (unpaired) electrons. The van der Waals surface area contributed by atoms with Gasteiger partial charge in [0.1, 0.15) is 16.6 Å². The number of hydrogen-bond acceptors (Lipinski definition) is 5. The highest BCUT2D eigenvalue weighted by Gasteiger charge is 2.33. The Morgan fingerprint density at radius 1 is 1.50 bits per heavy atom. The molecule has 0 unspecified atom stereocenters. The molecular formula is C13H11NO4S2. The molecule has 1 fully saturated rings. The number of nitrogens with zero attached hydrogens (tertiary/aromatic N) is 1. The summed E-state index contributed by atoms with van der Waals surface area (Å²) in [6, 6.07) is 7.24. The van der Waals surface area contributed by atoms with Gasteiger partial charge in [-0.3, -0.25) is 14.5 Å². The number of methoxy groups -OCH3 is 1. The van der Waals surface area contributed by atoms with Crippen LogP contribution in [0.25, 0.3) is 6.08 Å². The highest BCUT2D eigenvalue weighted by atomic mass is 32.2. The Labute approximate surface area is 125 Å². The van der Waals surface area contributed by atoms with Gasteiger partial charge in [0.15, 0.2) is 0 Å². The maximum Gasteiger partial charge on any atom is 0.323 e. The standard InChI is InChI=1S/C13H11NO4S2/c1-18-9-5-3-2-4-8(9)6-10-12(17)14(7-11(15)16)13(19)20-10/h2-6H,7H2,1H3,(H,15,16)/b10-6+. The van der Waals surface area contributed by atoms with E-state index in [9.17, 15) is 9.59 Å². The average Bonchev–Trinajstić information content (AvgIpc) is 2.67. The lowest BCUT2D eigenvalue weighted by Gasteiger charge is -2.10. The van der Waals surface area contributed by atoms with Gasteiger partial charge in [0.2, 0.25) is 0 Å². The first-order valence-electron chi connectivity index (χ1n) is 5.63. The summed E-state index contributed by atoms with van der Waals surface area (Å²) in [6.07, 6.45) is 1.65. The van der Waals surface area contributed by atoms with Gasteiger partial charge in [0.25, 0.3) is 5.91 Å². The summed E-state index contributed by atoms with van der Waals surface area (Å²) in [5, 5.41) is 8.77. The molecule has 1 aromatic carbocycles. The Bertz CT molecular complexity index is 612. The van der Waals surface area contributed by atoms with E-state index in [-0.39, 0.29) is 4.32 Å². The Balaban J connectivity index is 2.30. The zero-order valence-electron chi connectivity index (χ0n) is 10.5. The van der Waals surface area contributed by atoms with Crippen molar-refractivity contribution in [3.63, 3.8) is 0 Å². The van der Waals surface area contributed by atoms with E-state index >= 15 is 0 Å². The van der Waals surface area contributed by atoms with Crippen molar-refractivity contribution in [3.8, 4) is 5.75 Å². The molecule has 5 nitrogen and oxygen atoms in total. The van der Waals surface area contributed by atoms with Gasteiger partial charge in [-0.25, -0.2) is 0 Å². The average molecular weight is 309 g/mol. The summed E-state index contributed by atoms with van der Waals surface area (Å²) in [7, 11) is 1.54. The van der Waals surface area contributed by atoms with Crippen LogP contribution in [-0.2, 0) is 9.59 Å². The summed E-state index contributed by atoms with van der Waals surface area (Å²) in [5.41, 5.74) is 0.742. The second-order valence-electron chi connectivity index (χ2n) is 3.90. The van der Waals surface area contributed by atoms with Gasteiger partial charge in [-0.15, -0.1) is 0 Å². The van der Waals surface area contributed by atoms with E-state index in [1.807, 2.05) is 18.2 Å². The SMILES string of the molecule is COc1ccccc1/C=C1/SC(=S)N(CC(=O)O)C1=O. The Morgan fingerprint density at radius 3 is 2.85 bits per heavy atom. The van der Waals surface area contributed by atoms with Gasteiger partial charge in [-0.1, -0.05) is 42.2 Å². The van der Waals surface area contributed by atoms with Gasteiger partial charge >= 0.3 is 5.97 Å². The molecule has 20 heavy (non-hydrogen) atoms. The molecule has 0 spiro atoms. The molecule has 0 saturated carbocycles. The number of carboxylic acids is 1. The number of hydrogen-bond donors (Lipinski definition) is 1. The van der Waals surface area contributed by atoms with Crippen LogP contribution in [0.15, 0.2) is 29.2 Å². The fourth-order valence-electron chi connectivity index (χ4n) is 1.70. The third-order valence-corrected chi connectivity index (χ3v) is 3.97. The molecule has 0 bridgehead atoms. The van der Waals surface area contributed by atoms with Crippen molar-refractivity contribution in [3.05, 3.63) is 34.7 Å². The van der Waals surface area contributed by atoms with Gasteiger partial charge in [-0.05, 0) is 12.1 Å². The molecule has 1 heterocycles. The Morgan fingerprint density at radius 2 is 2.20 bits per heavy atom. The van der Waals surface area contributed by atoms with Gasteiger partial charge in [-0.2, -0.15) is 0 Å². The van der Waals surface area contributed by atoms with Crippen LogP contribution in [-0.4, -0.2) is 39.9 Å². The largest absolute Gasteiger partial charge is 0.496 e.